The smallest absolute Gasteiger partial charge is 0.290 e. The Morgan fingerprint density at radius 1 is 1.03 bits per heavy atom. The maximum absolute atomic E-state index is 13.5. The van der Waals surface area contributed by atoms with Crippen LogP contribution < -0.4 is 10.2 Å². The molecule has 172 valence electrons. The Kier molecular flexibility index (Phi) is 6.15. The number of para-hydroxylation sites is 1. The lowest BCUT2D eigenvalue weighted by molar-refractivity contribution is 0.0353. The zero-order valence-corrected chi connectivity index (χ0v) is 18.8. The first-order chi connectivity index (χ1) is 16.2. The maximum Gasteiger partial charge on any atom is 0.290 e. The second kappa shape index (κ2) is 9.37. The fourth-order valence-electron chi connectivity index (χ4n) is 4.77. The Labute approximate surface area is 192 Å². The third kappa shape index (κ3) is 4.14. The average molecular weight is 449 g/mol. The quantitative estimate of drug-likeness (QED) is 0.551. The molecular weight excluding hydrogens is 420 g/mol. The zero-order valence-electron chi connectivity index (χ0n) is 18.8. The molecule has 5 rings (SSSR count). The molecule has 0 unspecified atom stereocenters. The Balaban J connectivity index is 1.53. The molecule has 0 aliphatic carbocycles. The first-order valence-corrected chi connectivity index (χ1v) is 11.6. The second-order valence-electron chi connectivity index (χ2n) is 8.38. The molecule has 1 saturated heterocycles. The summed E-state index contributed by atoms with van der Waals surface area (Å²) in [5.74, 6) is 0.632. The third-order valence-corrected chi connectivity index (χ3v) is 6.34. The van der Waals surface area contributed by atoms with Crippen LogP contribution in [-0.2, 0) is 4.74 Å². The molecule has 7 nitrogen and oxygen atoms in total. The van der Waals surface area contributed by atoms with Crippen molar-refractivity contribution in [1.82, 2.24) is 9.80 Å². The van der Waals surface area contributed by atoms with E-state index in [1.54, 1.807) is 23.1 Å². The van der Waals surface area contributed by atoms with Crippen molar-refractivity contribution in [2.45, 2.75) is 19.4 Å². The van der Waals surface area contributed by atoms with E-state index in [9.17, 15) is 9.59 Å². The summed E-state index contributed by atoms with van der Waals surface area (Å²) in [5, 5.41) is 0.491. The van der Waals surface area contributed by atoms with E-state index in [0.29, 0.717) is 35.4 Å². The van der Waals surface area contributed by atoms with Gasteiger partial charge in [-0.05, 0) is 43.2 Å². The Bertz CT molecular complexity index is 1210. The number of benzene rings is 2. The second-order valence-corrected chi connectivity index (χ2v) is 8.38. The van der Waals surface area contributed by atoms with Gasteiger partial charge in [-0.25, -0.2) is 0 Å². The van der Waals surface area contributed by atoms with Crippen molar-refractivity contribution in [2.24, 2.45) is 0 Å². The summed E-state index contributed by atoms with van der Waals surface area (Å²) < 4.78 is 17.1. The van der Waals surface area contributed by atoms with Crippen molar-refractivity contribution in [3.8, 4) is 5.75 Å². The van der Waals surface area contributed by atoms with Crippen LogP contribution in [0.3, 0.4) is 0 Å². The predicted octanol–water partition coefficient (Wildman–Crippen LogP) is 3.46. The average Bonchev–Trinajstić information content (AvgIpc) is 3.12. The van der Waals surface area contributed by atoms with Crippen molar-refractivity contribution >= 4 is 16.9 Å². The molecule has 0 saturated carbocycles. The molecule has 2 aromatic carbocycles. The molecule has 1 aromatic heterocycles. The van der Waals surface area contributed by atoms with Gasteiger partial charge >= 0.3 is 0 Å². The van der Waals surface area contributed by atoms with E-state index >= 15 is 0 Å². The SMILES string of the molecule is CCOc1cccc([C@H]2c3c(oc4ccccc4c3=O)C(=O)N2CCCN2CCOCC2)c1. The van der Waals surface area contributed by atoms with Crippen LogP contribution in [0.5, 0.6) is 5.75 Å². The lowest BCUT2D eigenvalue weighted by Gasteiger charge is -2.29. The minimum absolute atomic E-state index is 0.150. The van der Waals surface area contributed by atoms with E-state index in [1.807, 2.05) is 37.3 Å². The van der Waals surface area contributed by atoms with Crippen molar-refractivity contribution in [2.75, 3.05) is 46.0 Å². The highest BCUT2D eigenvalue weighted by molar-refractivity contribution is 5.99. The summed E-state index contributed by atoms with van der Waals surface area (Å²) in [7, 11) is 0. The first-order valence-electron chi connectivity index (χ1n) is 11.6. The lowest BCUT2D eigenvalue weighted by atomic mass is 9.98. The number of fused-ring (bicyclic) bond motifs is 2. The molecule has 0 bridgehead atoms. The molecule has 1 amide bonds. The molecule has 7 heteroatoms. The summed E-state index contributed by atoms with van der Waals surface area (Å²) in [4.78, 5) is 31.2. The summed E-state index contributed by atoms with van der Waals surface area (Å²) in [6.07, 6.45) is 0.801. The maximum atomic E-state index is 13.5. The zero-order chi connectivity index (χ0) is 22.8. The monoisotopic (exact) mass is 448 g/mol. The fourth-order valence-corrected chi connectivity index (χ4v) is 4.77. The van der Waals surface area contributed by atoms with Crippen LogP contribution in [0.1, 0.15) is 41.1 Å². The van der Waals surface area contributed by atoms with Gasteiger partial charge in [0.05, 0.1) is 36.8 Å². The minimum Gasteiger partial charge on any atom is -0.494 e. The Morgan fingerprint density at radius 2 is 1.85 bits per heavy atom. The van der Waals surface area contributed by atoms with Crippen LogP contribution in [0.25, 0.3) is 11.0 Å². The fraction of sp³-hybridized carbons (Fsp3) is 0.385. The molecule has 3 heterocycles. The van der Waals surface area contributed by atoms with E-state index in [1.165, 1.54) is 0 Å². The number of carbonyl (C=O) groups is 1. The highest BCUT2D eigenvalue weighted by atomic mass is 16.5. The minimum atomic E-state index is -0.501. The Morgan fingerprint density at radius 3 is 2.67 bits per heavy atom. The summed E-state index contributed by atoms with van der Waals surface area (Å²) in [5.41, 5.74) is 1.55. The van der Waals surface area contributed by atoms with Gasteiger partial charge in [-0.3, -0.25) is 14.5 Å². The van der Waals surface area contributed by atoms with Crippen molar-refractivity contribution in [3.63, 3.8) is 0 Å². The number of nitrogens with zero attached hydrogens (tertiary/aromatic N) is 2. The molecule has 3 aromatic rings. The van der Waals surface area contributed by atoms with Crippen LogP contribution in [0.4, 0.5) is 0 Å². The number of amides is 1. The number of morpholine rings is 1. The van der Waals surface area contributed by atoms with E-state index < -0.39 is 6.04 Å². The Hall–Kier alpha value is -3.16. The van der Waals surface area contributed by atoms with Crippen LogP contribution >= 0.6 is 0 Å². The van der Waals surface area contributed by atoms with Gasteiger partial charge in [0.1, 0.15) is 11.3 Å². The molecule has 1 atom stereocenters. The molecule has 1 fully saturated rings. The van der Waals surface area contributed by atoms with E-state index in [2.05, 4.69) is 4.90 Å². The number of rotatable bonds is 7. The van der Waals surface area contributed by atoms with Crippen molar-refractivity contribution in [3.05, 3.63) is 75.6 Å². The first kappa shape index (κ1) is 21.7. The summed E-state index contributed by atoms with van der Waals surface area (Å²) in [6, 6.07) is 14.2. The molecule has 33 heavy (non-hydrogen) atoms. The van der Waals surface area contributed by atoms with Crippen LogP contribution in [0, 0.1) is 0 Å². The standard InChI is InChI=1S/C26H28N2O5/c1-2-32-19-8-5-7-18(17-19)23-22-24(29)20-9-3-4-10-21(20)33-25(22)26(30)28(23)12-6-11-27-13-15-31-16-14-27/h3-5,7-10,17,23H,2,6,11-16H2,1H3/t23-/m0/s1. The largest absolute Gasteiger partial charge is 0.494 e. The van der Waals surface area contributed by atoms with Crippen LogP contribution in [0.15, 0.2) is 57.7 Å². The summed E-state index contributed by atoms with van der Waals surface area (Å²) in [6.45, 7) is 7.16. The number of ether oxygens (including phenoxy) is 2. The topological polar surface area (TPSA) is 72.2 Å². The van der Waals surface area contributed by atoms with Crippen LogP contribution in [-0.4, -0.2) is 61.7 Å². The van der Waals surface area contributed by atoms with Gasteiger partial charge < -0.3 is 18.8 Å². The highest BCUT2D eigenvalue weighted by Gasteiger charge is 2.42. The van der Waals surface area contributed by atoms with Gasteiger partial charge in [0.15, 0.2) is 5.43 Å². The van der Waals surface area contributed by atoms with Crippen molar-refractivity contribution < 1.29 is 18.7 Å². The summed E-state index contributed by atoms with van der Waals surface area (Å²) >= 11 is 0. The van der Waals surface area contributed by atoms with Gasteiger partial charge in [-0.15, -0.1) is 0 Å². The molecular formula is C26H28N2O5. The van der Waals surface area contributed by atoms with E-state index in [4.69, 9.17) is 13.9 Å². The number of hydrogen-bond donors (Lipinski definition) is 0. The van der Waals surface area contributed by atoms with E-state index in [0.717, 1.165) is 44.8 Å². The van der Waals surface area contributed by atoms with E-state index in [-0.39, 0.29) is 17.1 Å². The predicted molar refractivity (Wildman–Crippen MR) is 125 cm³/mol. The van der Waals surface area contributed by atoms with Gasteiger partial charge in [-0.2, -0.15) is 0 Å². The van der Waals surface area contributed by atoms with Crippen LogP contribution in [0.2, 0.25) is 0 Å². The number of carbonyl (C=O) groups excluding carboxylic acids is 1. The lowest BCUT2D eigenvalue weighted by Crippen LogP contribution is -2.38. The third-order valence-electron chi connectivity index (χ3n) is 6.34. The normalized spacial score (nSPS) is 18.6. The van der Waals surface area contributed by atoms with Gasteiger partial charge in [0, 0.05) is 26.2 Å². The number of hydrogen-bond acceptors (Lipinski definition) is 6. The highest BCUT2D eigenvalue weighted by Crippen LogP contribution is 2.39. The molecule has 0 radical (unpaired) electrons. The van der Waals surface area contributed by atoms with Gasteiger partial charge in [0.2, 0.25) is 5.76 Å². The molecule has 0 N–H and O–H groups in total. The molecule has 2 aliphatic heterocycles. The van der Waals surface area contributed by atoms with Gasteiger partial charge in [-0.1, -0.05) is 24.3 Å². The van der Waals surface area contributed by atoms with Gasteiger partial charge in [0.25, 0.3) is 5.91 Å². The van der Waals surface area contributed by atoms with Crippen molar-refractivity contribution in [1.29, 1.82) is 0 Å². The molecule has 2 aliphatic rings. The molecule has 0 spiro atoms.